The van der Waals surface area contributed by atoms with Crippen LogP contribution in [0.3, 0.4) is 0 Å². The average Bonchev–Trinajstić information content (AvgIpc) is 2.82. The number of pyridine rings is 2. The van der Waals surface area contributed by atoms with Crippen molar-refractivity contribution in [2.45, 2.75) is 13.8 Å². The molecule has 2 aromatic carbocycles. The molecular formula is C25H22N4O2. The first kappa shape index (κ1) is 20.2. The first-order valence-electron chi connectivity index (χ1n) is 10.0. The van der Waals surface area contributed by atoms with Crippen LogP contribution in [0, 0.1) is 0 Å². The van der Waals surface area contributed by atoms with Gasteiger partial charge in [-0.2, -0.15) is 5.10 Å². The maximum absolute atomic E-state index is 13.1. The number of rotatable bonds is 6. The molecule has 31 heavy (non-hydrogen) atoms. The van der Waals surface area contributed by atoms with Crippen LogP contribution in [-0.2, 0) is 0 Å². The van der Waals surface area contributed by atoms with E-state index in [9.17, 15) is 4.79 Å². The summed E-state index contributed by atoms with van der Waals surface area (Å²) in [6.07, 6.45) is 3.40. The quantitative estimate of drug-likeness (QED) is 0.364. The van der Waals surface area contributed by atoms with Gasteiger partial charge in [-0.05, 0) is 44.2 Å². The molecule has 6 heteroatoms. The van der Waals surface area contributed by atoms with Crippen molar-refractivity contribution in [1.29, 1.82) is 0 Å². The topological polar surface area (TPSA) is 76.5 Å². The minimum Gasteiger partial charge on any atom is -0.493 e. The summed E-state index contributed by atoms with van der Waals surface area (Å²) in [7, 11) is 0. The van der Waals surface area contributed by atoms with E-state index in [1.54, 1.807) is 18.5 Å². The number of nitrogens with one attached hydrogen (secondary N) is 1. The lowest BCUT2D eigenvalue weighted by atomic mass is 10.0. The number of fused-ring (bicyclic) bond motifs is 1. The Bertz CT molecular complexity index is 1250. The number of carbonyl (C=O) groups is 1. The van der Waals surface area contributed by atoms with Crippen molar-refractivity contribution in [3.8, 4) is 17.0 Å². The van der Waals surface area contributed by atoms with Crippen LogP contribution in [0.25, 0.3) is 22.2 Å². The Morgan fingerprint density at radius 3 is 2.68 bits per heavy atom. The Morgan fingerprint density at radius 2 is 1.87 bits per heavy atom. The van der Waals surface area contributed by atoms with Crippen molar-refractivity contribution in [2.75, 3.05) is 6.61 Å². The first-order chi connectivity index (χ1) is 15.2. The molecule has 4 aromatic rings. The van der Waals surface area contributed by atoms with Crippen LogP contribution in [-0.4, -0.2) is 28.2 Å². The highest BCUT2D eigenvalue weighted by Crippen LogP contribution is 2.31. The molecule has 6 nitrogen and oxygen atoms in total. The lowest BCUT2D eigenvalue weighted by molar-refractivity contribution is 0.0956. The second-order valence-corrected chi connectivity index (χ2v) is 6.88. The molecule has 0 unspecified atom stereocenters. The summed E-state index contributed by atoms with van der Waals surface area (Å²) in [5.41, 5.74) is 6.90. The lowest BCUT2D eigenvalue weighted by Gasteiger charge is -2.12. The average molecular weight is 410 g/mol. The molecule has 0 aliphatic rings. The third kappa shape index (κ3) is 4.43. The molecule has 1 amide bonds. The molecule has 0 atom stereocenters. The largest absolute Gasteiger partial charge is 0.493 e. The SMILES string of the molecule is CCOc1ccccc1-c1cc(C(=O)N/N=C(/C)c2cccnc2)c2ccccc2n1. The van der Waals surface area contributed by atoms with Gasteiger partial charge in [0.2, 0.25) is 0 Å². The zero-order chi connectivity index (χ0) is 21.6. The van der Waals surface area contributed by atoms with E-state index in [-0.39, 0.29) is 5.91 Å². The second kappa shape index (κ2) is 9.17. The Kier molecular flexibility index (Phi) is 5.98. The molecule has 154 valence electrons. The molecule has 0 saturated carbocycles. The summed E-state index contributed by atoms with van der Waals surface area (Å²) in [6, 6.07) is 20.7. The normalized spacial score (nSPS) is 11.4. The molecule has 0 aliphatic carbocycles. The first-order valence-corrected chi connectivity index (χ1v) is 10.0. The summed E-state index contributed by atoms with van der Waals surface area (Å²) in [5.74, 6) is 0.418. The van der Waals surface area contributed by atoms with E-state index in [1.165, 1.54) is 0 Å². The molecular weight excluding hydrogens is 388 g/mol. The van der Waals surface area contributed by atoms with Crippen molar-refractivity contribution in [3.05, 3.63) is 90.3 Å². The van der Waals surface area contributed by atoms with Gasteiger partial charge < -0.3 is 4.74 Å². The highest BCUT2D eigenvalue weighted by Gasteiger charge is 2.16. The van der Waals surface area contributed by atoms with Crippen LogP contribution in [0.5, 0.6) is 5.75 Å². The molecule has 2 aromatic heterocycles. The zero-order valence-corrected chi connectivity index (χ0v) is 17.4. The van der Waals surface area contributed by atoms with E-state index >= 15 is 0 Å². The third-order valence-electron chi connectivity index (χ3n) is 4.83. The number of benzene rings is 2. The summed E-state index contributed by atoms with van der Waals surface area (Å²) < 4.78 is 5.76. The van der Waals surface area contributed by atoms with Crippen LogP contribution in [0.2, 0.25) is 0 Å². The summed E-state index contributed by atoms with van der Waals surface area (Å²) >= 11 is 0. The van der Waals surface area contributed by atoms with Gasteiger partial charge in [0.1, 0.15) is 5.75 Å². The minimum absolute atomic E-state index is 0.308. The molecule has 4 rings (SSSR count). The highest BCUT2D eigenvalue weighted by atomic mass is 16.5. The van der Waals surface area contributed by atoms with Crippen molar-refractivity contribution in [3.63, 3.8) is 0 Å². The minimum atomic E-state index is -0.308. The monoisotopic (exact) mass is 410 g/mol. The number of ether oxygens (including phenoxy) is 1. The Balaban J connectivity index is 1.74. The van der Waals surface area contributed by atoms with Gasteiger partial charge in [0.15, 0.2) is 0 Å². The van der Waals surface area contributed by atoms with Crippen LogP contribution >= 0.6 is 0 Å². The van der Waals surface area contributed by atoms with Crippen molar-refractivity contribution < 1.29 is 9.53 Å². The van der Waals surface area contributed by atoms with Gasteiger partial charge in [-0.15, -0.1) is 0 Å². The van der Waals surface area contributed by atoms with E-state index in [4.69, 9.17) is 9.72 Å². The maximum atomic E-state index is 13.1. The Labute approximate surface area is 180 Å². The van der Waals surface area contributed by atoms with Crippen molar-refractivity contribution >= 4 is 22.5 Å². The van der Waals surface area contributed by atoms with Crippen LogP contribution in [0.15, 0.2) is 84.2 Å². The smallest absolute Gasteiger partial charge is 0.272 e. The van der Waals surface area contributed by atoms with E-state index in [0.717, 1.165) is 27.8 Å². The standard InChI is InChI=1S/C25H22N4O2/c1-3-31-24-13-7-5-11-20(24)23-15-21(19-10-4-6-12-22(19)27-23)25(30)29-28-17(2)18-9-8-14-26-16-18/h4-16H,3H2,1-2H3,(H,29,30)/b28-17-. The van der Waals surface area contributed by atoms with Crippen LogP contribution in [0.1, 0.15) is 29.8 Å². The molecule has 1 N–H and O–H groups in total. The number of hydrazone groups is 1. The molecule has 0 bridgehead atoms. The highest BCUT2D eigenvalue weighted by molar-refractivity contribution is 6.08. The van der Waals surface area contributed by atoms with Gasteiger partial charge in [-0.25, -0.2) is 10.4 Å². The number of nitrogens with zero attached hydrogens (tertiary/aromatic N) is 3. The van der Waals surface area contributed by atoms with Crippen molar-refractivity contribution in [2.24, 2.45) is 5.10 Å². The van der Waals surface area contributed by atoms with E-state index in [0.29, 0.717) is 23.6 Å². The van der Waals surface area contributed by atoms with Crippen LogP contribution in [0.4, 0.5) is 0 Å². The Hall–Kier alpha value is -4.06. The predicted molar refractivity (Wildman–Crippen MR) is 122 cm³/mol. The van der Waals surface area contributed by atoms with E-state index < -0.39 is 0 Å². The molecule has 0 fully saturated rings. The third-order valence-corrected chi connectivity index (χ3v) is 4.83. The molecule has 0 spiro atoms. The summed E-state index contributed by atoms with van der Waals surface area (Å²) in [5, 5.41) is 5.02. The van der Waals surface area contributed by atoms with E-state index in [1.807, 2.05) is 74.5 Å². The fraction of sp³-hybridized carbons (Fsp3) is 0.120. The van der Waals surface area contributed by atoms with Crippen molar-refractivity contribution in [1.82, 2.24) is 15.4 Å². The van der Waals surface area contributed by atoms with Gasteiger partial charge in [0, 0.05) is 28.9 Å². The number of amides is 1. The predicted octanol–water partition coefficient (Wildman–Crippen LogP) is 4.85. The fourth-order valence-corrected chi connectivity index (χ4v) is 3.30. The van der Waals surface area contributed by atoms with Gasteiger partial charge in [0.25, 0.3) is 5.91 Å². The number of aromatic nitrogens is 2. The number of carbonyl (C=O) groups excluding carboxylic acids is 1. The summed E-state index contributed by atoms with van der Waals surface area (Å²) in [6.45, 7) is 4.30. The fourth-order valence-electron chi connectivity index (χ4n) is 3.30. The second-order valence-electron chi connectivity index (χ2n) is 6.88. The van der Waals surface area contributed by atoms with Gasteiger partial charge >= 0.3 is 0 Å². The molecule has 0 saturated heterocycles. The zero-order valence-electron chi connectivity index (χ0n) is 17.4. The lowest BCUT2D eigenvalue weighted by Crippen LogP contribution is -2.20. The van der Waals surface area contributed by atoms with Gasteiger partial charge in [-0.1, -0.05) is 36.4 Å². The summed E-state index contributed by atoms with van der Waals surface area (Å²) in [4.78, 5) is 22.0. The van der Waals surface area contributed by atoms with Gasteiger partial charge in [-0.3, -0.25) is 9.78 Å². The van der Waals surface area contributed by atoms with Gasteiger partial charge in [0.05, 0.1) is 29.1 Å². The molecule has 2 heterocycles. The molecule has 0 radical (unpaired) electrons. The number of hydrogen-bond acceptors (Lipinski definition) is 5. The Morgan fingerprint density at radius 1 is 1.06 bits per heavy atom. The molecule has 0 aliphatic heterocycles. The maximum Gasteiger partial charge on any atom is 0.272 e. The van der Waals surface area contributed by atoms with Crippen LogP contribution < -0.4 is 10.2 Å². The number of hydrogen-bond donors (Lipinski definition) is 1. The number of para-hydroxylation sites is 2. The van der Waals surface area contributed by atoms with E-state index in [2.05, 4.69) is 15.5 Å².